The van der Waals surface area contributed by atoms with Crippen molar-refractivity contribution in [2.45, 2.75) is 52.0 Å². The Morgan fingerprint density at radius 3 is 2.35 bits per heavy atom. The molecule has 0 aliphatic heterocycles. The van der Waals surface area contributed by atoms with E-state index in [9.17, 15) is 0 Å². The largest absolute Gasteiger partial charge is 0.310 e. The Balaban J connectivity index is 2.06. The summed E-state index contributed by atoms with van der Waals surface area (Å²) in [5, 5.41) is 3.73. The molecule has 0 radical (unpaired) electrons. The molecule has 1 aliphatic rings. The molecule has 1 unspecified atom stereocenters. The van der Waals surface area contributed by atoms with Crippen LogP contribution in [-0.4, -0.2) is 6.54 Å². The molecule has 2 rings (SSSR count). The van der Waals surface area contributed by atoms with Crippen molar-refractivity contribution < 1.29 is 0 Å². The SMILES string of the molecule is CCCNC(c1ccc(CC)cc1)C1CCC1. The highest BCUT2D eigenvalue weighted by Crippen LogP contribution is 2.37. The standard InChI is InChI=1S/C16H25N/c1-3-12-17-16(14-6-5-7-14)15-10-8-13(4-2)9-11-15/h8-11,14,16-17H,3-7,12H2,1-2H3. The first-order chi connectivity index (χ1) is 8.35. The Morgan fingerprint density at radius 2 is 1.88 bits per heavy atom. The van der Waals surface area contributed by atoms with E-state index in [0.29, 0.717) is 6.04 Å². The van der Waals surface area contributed by atoms with Crippen molar-refractivity contribution in [3.63, 3.8) is 0 Å². The molecule has 0 heterocycles. The van der Waals surface area contributed by atoms with Gasteiger partial charge in [-0.3, -0.25) is 0 Å². The summed E-state index contributed by atoms with van der Waals surface area (Å²) in [5.74, 6) is 0.869. The number of benzene rings is 1. The third-order valence-corrected chi connectivity index (χ3v) is 3.98. The van der Waals surface area contributed by atoms with E-state index in [1.807, 2.05) is 0 Å². The quantitative estimate of drug-likeness (QED) is 0.777. The van der Waals surface area contributed by atoms with Crippen LogP contribution in [0.2, 0.25) is 0 Å². The molecule has 1 heteroatoms. The van der Waals surface area contributed by atoms with Gasteiger partial charge in [0, 0.05) is 6.04 Å². The molecule has 0 saturated heterocycles. The maximum Gasteiger partial charge on any atom is 0.0348 e. The number of rotatable bonds is 6. The fraction of sp³-hybridized carbons (Fsp3) is 0.625. The van der Waals surface area contributed by atoms with E-state index in [1.54, 1.807) is 0 Å². The van der Waals surface area contributed by atoms with Gasteiger partial charge in [0.1, 0.15) is 0 Å². The summed E-state index contributed by atoms with van der Waals surface area (Å²) in [6, 6.07) is 9.81. The first-order valence-corrected chi connectivity index (χ1v) is 7.17. The van der Waals surface area contributed by atoms with Crippen molar-refractivity contribution >= 4 is 0 Å². The van der Waals surface area contributed by atoms with Crippen LogP contribution >= 0.6 is 0 Å². The first-order valence-electron chi connectivity index (χ1n) is 7.17. The highest BCUT2D eigenvalue weighted by molar-refractivity contribution is 5.26. The van der Waals surface area contributed by atoms with Gasteiger partial charge in [-0.1, -0.05) is 44.5 Å². The van der Waals surface area contributed by atoms with Gasteiger partial charge in [0.15, 0.2) is 0 Å². The second-order valence-electron chi connectivity index (χ2n) is 5.22. The van der Waals surface area contributed by atoms with Gasteiger partial charge in [-0.05, 0) is 49.3 Å². The topological polar surface area (TPSA) is 12.0 Å². The van der Waals surface area contributed by atoms with E-state index in [-0.39, 0.29) is 0 Å². The highest BCUT2D eigenvalue weighted by atomic mass is 14.9. The van der Waals surface area contributed by atoms with Crippen LogP contribution in [0.15, 0.2) is 24.3 Å². The average molecular weight is 231 g/mol. The van der Waals surface area contributed by atoms with Crippen molar-refractivity contribution in [1.29, 1.82) is 0 Å². The lowest BCUT2D eigenvalue weighted by atomic mass is 9.77. The summed E-state index contributed by atoms with van der Waals surface area (Å²) in [6.45, 7) is 5.59. The van der Waals surface area contributed by atoms with Gasteiger partial charge >= 0.3 is 0 Å². The zero-order valence-corrected chi connectivity index (χ0v) is 11.2. The summed E-state index contributed by atoms with van der Waals surface area (Å²) in [5.41, 5.74) is 2.93. The molecule has 1 N–H and O–H groups in total. The molecule has 1 nitrogen and oxygen atoms in total. The molecule has 17 heavy (non-hydrogen) atoms. The number of hydrogen-bond donors (Lipinski definition) is 1. The van der Waals surface area contributed by atoms with Crippen LogP contribution in [0.3, 0.4) is 0 Å². The molecule has 1 aliphatic carbocycles. The predicted molar refractivity (Wildman–Crippen MR) is 74.2 cm³/mol. The fourth-order valence-electron chi connectivity index (χ4n) is 2.59. The minimum absolute atomic E-state index is 0.592. The Bertz CT molecular complexity index is 324. The summed E-state index contributed by atoms with van der Waals surface area (Å²) in [6.07, 6.45) is 6.57. The van der Waals surface area contributed by atoms with Crippen LogP contribution in [-0.2, 0) is 6.42 Å². The third kappa shape index (κ3) is 3.10. The van der Waals surface area contributed by atoms with Crippen LogP contribution in [0, 0.1) is 5.92 Å². The molecule has 1 saturated carbocycles. The molecule has 0 bridgehead atoms. The van der Waals surface area contributed by atoms with Gasteiger partial charge < -0.3 is 5.32 Å². The Labute approximate surface area is 106 Å². The van der Waals surface area contributed by atoms with Gasteiger partial charge in [0.25, 0.3) is 0 Å². The van der Waals surface area contributed by atoms with Crippen LogP contribution < -0.4 is 5.32 Å². The Hall–Kier alpha value is -0.820. The molecular weight excluding hydrogens is 206 g/mol. The second kappa shape index (κ2) is 6.20. The average Bonchev–Trinajstić information content (AvgIpc) is 2.32. The smallest absolute Gasteiger partial charge is 0.0348 e. The lowest BCUT2D eigenvalue weighted by Crippen LogP contribution is -2.32. The molecular formula is C16H25N. The summed E-state index contributed by atoms with van der Waals surface area (Å²) >= 11 is 0. The fourth-order valence-corrected chi connectivity index (χ4v) is 2.59. The van der Waals surface area contributed by atoms with Crippen molar-refractivity contribution in [2.75, 3.05) is 6.54 Å². The van der Waals surface area contributed by atoms with Crippen molar-refractivity contribution in [3.8, 4) is 0 Å². The van der Waals surface area contributed by atoms with Gasteiger partial charge in [-0.2, -0.15) is 0 Å². The maximum atomic E-state index is 3.73. The predicted octanol–water partition coefficient (Wildman–Crippen LogP) is 4.09. The van der Waals surface area contributed by atoms with Crippen LogP contribution in [0.5, 0.6) is 0 Å². The Kier molecular flexibility index (Phi) is 4.61. The highest BCUT2D eigenvalue weighted by Gasteiger charge is 2.27. The molecule has 1 atom stereocenters. The van der Waals surface area contributed by atoms with E-state index in [4.69, 9.17) is 0 Å². The lowest BCUT2D eigenvalue weighted by molar-refractivity contribution is 0.231. The van der Waals surface area contributed by atoms with Crippen molar-refractivity contribution in [2.24, 2.45) is 5.92 Å². The molecule has 0 amide bonds. The van der Waals surface area contributed by atoms with E-state index in [1.165, 1.54) is 36.8 Å². The van der Waals surface area contributed by atoms with E-state index in [2.05, 4.69) is 43.4 Å². The lowest BCUT2D eigenvalue weighted by Gasteiger charge is -2.35. The zero-order chi connectivity index (χ0) is 12.1. The van der Waals surface area contributed by atoms with Gasteiger partial charge in [-0.25, -0.2) is 0 Å². The van der Waals surface area contributed by atoms with Crippen LogP contribution in [0.4, 0.5) is 0 Å². The normalized spacial score (nSPS) is 17.8. The van der Waals surface area contributed by atoms with E-state index >= 15 is 0 Å². The number of aryl methyl sites for hydroxylation is 1. The minimum Gasteiger partial charge on any atom is -0.310 e. The van der Waals surface area contributed by atoms with Gasteiger partial charge in [0.2, 0.25) is 0 Å². The number of hydrogen-bond acceptors (Lipinski definition) is 1. The second-order valence-corrected chi connectivity index (χ2v) is 5.22. The van der Waals surface area contributed by atoms with E-state index < -0.39 is 0 Å². The molecule has 1 aromatic rings. The Morgan fingerprint density at radius 1 is 1.18 bits per heavy atom. The molecule has 0 spiro atoms. The summed E-state index contributed by atoms with van der Waals surface area (Å²) in [7, 11) is 0. The van der Waals surface area contributed by atoms with Crippen molar-refractivity contribution in [3.05, 3.63) is 35.4 Å². The van der Waals surface area contributed by atoms with Gasteiger partial charge in [-0.15, -0.1) is 0 Å². The molecule has 1 aromatic carbocycles. The number of nitrogens with one attached hydrogen (secondary N) is 1. The van der Waals surface area contributed by atoms with Gasteiger partial charge in [0.05, 0.1) is 0 Å². The van der Waals surface area contributed by atoms with Crippen LogP contribution in [0.25, 0.3) is 0 Å². The first kappa shape index (κ1) is 12.6. The van der Waals surface area contributed by atoms with Crippen molar-refractivity contribution in [1.82, 2.24) is 5.32 Å². The van der Waals surface area contributed by atoms with Crippen LogP contribution in [0.1, 0.15) is 56.7 Å². The maximum absolute atomic E-state index is 3.73. The summed E-state index contributed by atoms with van der Waals surface area (Å²) in [4.78, 5) is 0. The zero-order valence-electron chi connectivity index (χ0n) is 11.2. The van der Waals surface area contributed by atoms with E-state index in [0.717, 1.165) is 18.9 Å². The molecule has 1 fully saturated rings. The third-order valence-electron chi connectivity index (χ3n) is 3.98. The molecule has 94 valence electrons. The molecule has 0 aromatic heterocycles. The summed E-state index contributed by atoms with van der Waals surface area (Å²) < 4.78 is 0. The minimum atomic E-state index is 0.592. The monoisotopic (exact) mass is 231 g/mol.